The van der Waals surface area contributed by atoms with E-state index in [-0.39, 0.29) is 12.3 Å². The molecule has 0 radical (unpaired) electrons. The molecule has 0 aliphatic heterocycles. The Bertz CT molecular complexity index is 1420. The number of nitrogens with zero attached hydrogens (tertiary/aromatic N) is 2. The minimum Gasteiger partial charge on any atom is -0.426 e. The summed E-state index contributed by atoms with van der Waals surface area (Å²) in [5.41, 5.74) is 4.35. The monoisotopic (exact) mass is 474 g/mol. The minimum atomic E-state index is -0.427. The summed E-state index contributed by atoms with van der Waals surface area (Å²) in [6.07, 6.45) is 0.0204. The molecule has 0 amide bonds. The van der Waals surface area contributed by atoms with Gasteiger partial charge < -0.3 is 4.74 Å². The molecule has 0 atom stereocenters. The van der Waals surface area contributed by atoms with Crippen LogP contribution in [0, 0.1) is 13.8 Å². The minimum absolute atomic E-state index is 0.0204. The van der Waals surface area contributed by atoms with Gasteiger partial charge in [-0.1, -0.05) is 23.2 Å². The first kappa shape index (κ1) is 22.6. The highest BCUT2D eigenvalue weighted by Crippen LogP contribution is 2.29. The highest BCUT2D eigenvalue weighted by Gasteiger charge is 2.22. The van der Waals surface area contributed by atoms with E-state index in [2.05, 4.69) is 22.4 Å². The van der Waals surface area contributed by atoms with E-state index in [0.717, 1.165) is 22.0 Å². The SMILES string of the molecule is Cc1ccc2c(c1)c(CC(=O)Oc1ccc(N=C=S)cc1)c(C)n2C(=O)c1ccc(Cl)cc1. The van der Waals surface area contributed by atoms with E-state index in [4.69, 9.17) is 16.3 Å². The zero-order chi connectivity index (χ0) is 23.5. The summed E-state index contributed by atoms with van der Waals surface area (Å²) < 4.78 is 7.15. The van der Waals surface area contributed by atoms with Gasteiger partial charge >= 0.3 is 5.97 Å². The predicted molar refractivity (Wildman–Crippen MR) is 133 cm³/mol. The summed E-state index contributed by atoms with van der Waals surface area (Å²) in [5.74, 6) is -0.214. The average Bonchev–Trinajstić information content (AvgIpc) is 3.06. The fraction of sp³-hybridized carbons (Fsp3) is 0.115. The standard InChI is InChI=1S/C26H19ClN2O3S/c1-16-3-12-24-23(13-16)22(14-25(30)32-21-10-8-20(9-11-21)28-15-33)17(2)29(24)26(31)18-4-6-19(27)7-5-18/h3-13H,14H2,1-2H3. The molecular weight excluding hydrogens is 456 g/mol. The molecule has 0 unspecified atom stereocenters. The van der Waals surface area contributed by atoms with E-state index < -0.39 is 5.97 Å². The third-order valence-electron chi connectivity index (χ3n) is 5.35. The van der Waals surface area contributed by atoms with Crippen LogP contribution < -0.4 is 4.74 Å². The molecule has 0 saturated carbocycles. The first-order valence-corrected chi connectivity index (χ1v) is 11.0. The Balaban J connectivity index is 1.68. The summed E-state index contributed by atoms with van der Waals surface area (Å²) in [6, 6.07) is 19.2. The van der Waals surface area contributed by atoms with E-state index in [9.17, 15) is 9.59 Å². The molecule has 33 heavy (non-hydrogen) atoms. The number of rotatable bonds is 5. The van der Waals surface area contributed by atoms with Crippen LogP contribution in [0.15, 0.2) is 71.7 Å². The van der Waals surface area contributed by atoms with Crippen LogP contribution in [-0.4, -0.2) is 21.6 Å². The largest absolute Gasteiger partial charge is 0.426 e. The maximum absolute atomic E-state index is 13.3. The second-order valence-corrected chi connectivity index (χ2v) is 8.20. The lowest BCUT2D eigenvalue weighted by atomic mass is 10.1. The van der Waals surface area contributed by atoms with Gasteiger partial charge in [-0.3, -0.25) is 14.2 Å². The molecule has 1 aromatic heterocycles. The maximum atomic E-state index is 13.3. The van der Waals surface area contributed by atoms with Gasteiger partial charge in [0.05, 0.1) is 22.8 Å². The quantitative estimate of drug-likeness (QED) is 0.144. The molecule has 4 aromatic rings. The topological polar surface area (TPSA) is 60.7 Å². The van der Waals surface area contributed by atoms with Crippen LogP contribution >= 0.6 is 23.8 Å². The molecular formula is C26H19ClN2O3S. The predicted octanol–water partition coefficient (Wildman–Crippen LogP) is 6.48. The van der Waals surface area contributed by atoms with Crippen LogP contribution in [0.1, 0.15) is 27.2 Å². The van der Waals surface area contributed by atoms with Crippen LogP contribution in [0.5, 0.6) is 5.75 Å². The Labute approximate surface area is 201 Å². The summed E-state index contributed by atoms with van der Waals surface area (Å²) in [5, 5.41) is 3.70. The Morgan fingerprint density at radius 3 is 2.39 bits per heavy atom. The first-order valence-electron chi connectivity index (χ1n) is 10.2. The molecule has 164 valence electrons. The van der Waals surface area contributed by atoms with Gasteiger partial charge in [-0.15, -0.1) is 0 Å². The van der Waals surface area contributed by atoms with Gasteiger partial charge in [-0.05, 0) is 92.3 Å². The number of aromatic nitrogens is 1. The number of isothiocyanates is 1. The van der Waals surface area contributed by atoms with Gasteiger partial charge in [0, 0.05) is 21.7 Å². The number of thiocarbonyl (C=S) groups is 1. The number of benzene rings is 3. The third kappa shape index (κ3) is 4.78. The molecule has 7 heteroatoms. The highest BCUT2D eigenvalue weighted by molar-refractivity contribution is 7.78. The number of hydrogen-bond donors (Lipinski definition) is 0. The molecule has 1 heterocycles. The second-order valence-electron chi connectivity index (χ2n) is 7.58. The molecule has 0 bridgehead atoms. The molecule has 5 nitrogen and oxygen atoms in total. The van der Waals surface area contributed by atoms with Crippen molar-refractivity contribution in [3.8, 4) is 5.75 Å². The van der Waals surface area contributed by atoms with E-state index >= 15 is 0 Å². The van der Waals surface area contributed by atoms with E-state index in [0.29, 0.717) is 27.7 Å². The van der Waals surface area contributed by atoms with E-state index in [1.165, 1.54) is 0 Å². The molecule has 3 aromatic carbocycles. The van der Waals surface area contributed by atoms with Crippen molar-refractivity contribution in [2.75, 3.05) is 0 Å². The summed E-state index contributed by atoms with van der Waals surface area (Å²) in [7, 11) is 0. The van der Waals surface area contributed by atoms with E-state index in [1.807, 2.05) is 32.0 Å². The fourth-order valence-electron chi connectivity index (χ4n) is 3.76. The van der Waals surface area contributed by atoms with Crippen molar-refractivity contribution in [3.63, 3.8) is 0 Å². The zero-order valence-corrected chi connectivity index (χ0v) is 19.5. The number of hydrogen-bond acceptors (Lipinski definition) is 5. The van der Waals surface area contributed by atoms with Crippen molar-refractivity contribution in [1.82, 2.24) is 4.57 Å². The Morgan fingerprint density at radius 2 is 1.73 bits per heavy atom. The van der Waals surface area contributed by atoms with Crippen molar-refractivity contribution in [3.05, 3.63) is 94.1 Å². The van der Waals surface area contributed by atoms with Gasteiger partial charge in [0.1, 0.15) is 5.75 Å². The first-order chi connectivity index (χ1) is 15.9. The summed E-state index contributed by atoms with van der Waals surface area (Å²) >= 11 is 10.6. The van der Waals surface area contributed by atoms with Crippen molar-refractivity contribution < 1.29 is 14.3 Å². The smallest absolute Gasteiger partial charge is 0.315 e. The number of carbonyl (C=O) groups is 2. The van der Waals surface area contributed by atoms with Crippen LogP contribution in [-0.2, 0) is 11.2 Å². The maximum Gasteiger partial charge on any atom is 0.315 e. The second kappa shape index (κ2) is 9.51. The Hall–Kier alpha value is -3.57. The van der Waals surface area contributed by atoms with Crippen LogP contribution in [0.2, 0.25) is 5.02 Å². The number of esters is 1. The molecule has 0 aliphatic carbocycles. The number of aryl methyl sites for hydroxylation is 1. The molecule has 4 rings (SSSR count). The lowest BCUT2D eigenvalue weighted by Gasteiger charge is -2.08. The Morgan fingerprint density at radius 1 is 1.03 bits per heavy atom. The van der Waals surface area contributed by atoms with Crippen molar-refractivity contribution in [1.29, 1.82) is 0 Å². The molecule has 0 spiro atoms. The van der Waals surface area contributed by atoms with Gasteiger partial charge in [0.2, 0.25) is 0 Å². The number of aliphatic imine (C=N–C) groups is 1. The normalized spacial score (nSPS) is 10.6. The molecule has 0 fully saturated rings. The number of halogens is 1. The Kier molecular flexibility index (Phi) is 6.52. The van der Waals surface area contributed by atoms with Crippen LogP contribution in [0.3, 0.4) is 0 Å². The summed E-state index contributed by atoms with van der Waals surface area (Å²) in [4.78, 5) is 30.0. The lowest BCUT2D eigenvalue weighted by Crippen LogP contribution is -2.15. The number of ether oxygens (including phenoxy) is 1. The van der Waals surface area contributed by atoms with Crippen molar-refractivity contribution >= 4 is 57.4 Å². The highest BCUT2D eigenvalue weighted by atomic mass is 35.5. The van der Waals surface area contributed by atoms with Gasteiger partial charge in [-0.2, -0.15) is 4.99 Å². The fourth-order valence-corrected chi connectivity index (χ4v) is 3.99. The van der Waals surface area contributed by atoms with Crippen LogP contribution in [0.25, 0.3) is 10.9 Å². The third-order valence-corrected chi connectivity index (χ3v) is 5.69. The number of fused-ring (bicyclic) bond motifs is 1. The molecule has 0 aliphatic rings. The van der Waals surface area contributed by atoms with Crippen LogP contribution in [0.4, 0.5) is 5.69 Å². The zero-order valence-electron chi connectivity index (χ0n) is 18.0. The molecule has 0 saturated heterocycles. The number of carbonyl (C=O) groups excluding carboxylic acids is 2. The lowest BCUT2D eigenvalue weighted by molar-refractivity contribution is -0.133. The van der Waals surface area contributed by atoms with Gasteiger partial charge in [-0.25, -0.2) is 0 Å². The summed E-state index contributed by atoms with van der Waals surface area (Å²) in [6.45, 7) is 3.81. The average molecular weight is 475 g/mol. The van der Waals surface area contributed by atoms with E-state index in [1.54, 1.807) is 53.1 Å². The van der Waals surface area contributed by atoms with Gasteiger partial charge in [0.25, 0.3) is 5.91 Å². The van der Waals surface area contributed by atoms with Gasteiger partial charge in [0.15, 0.2) is 0 Å². The van der Waals surface area contributed by atoms with Crippen molar-refractivity contribution in [2.24, 2.45) is 4.99 Å². The molecule has 0 N–H and O–H groups in total. The van der Waals surface area contributed by atoms with Crippen molar-refractivity contribution in [2.45, 2.75) is 20.3 Å².